The van der Waals surface area contributed by atoms with Crippen LogP contribution in [-0.2, 0) is 9.53 Å². The first kappa shape index (κ1) is 20.3. The van der Waals surface area contributed by atoms with Crippen LogP contribution >= 0.6 is 0 Å². The fourth-order valence-electron chi connectivity index (χ4n) is 3.00. The van der Waals surface area contributed by atoms with Crippen molar-refractivity contribution in [3.63, 3.8) is 0 Å². The lowest BCUT2D eigenvalue weighted by Gasteiger charge is -2.14. The van der Waals surface area contributed by atoms with Crippen LogP contribution in [-0.4, -0.2) is 24.5 Å². The van der Waals surface area contributed by atoms with Gasteiger partial charge in [-0.1, -0.05) is 43.3 Å². The molecule has 0 saturated heterocycles. The predicted octanol–water partition coefficient (Wildman–Crippen LogP) is 3.84. The van der Waals surface area contributed by atoms with Gasteiger partial charge in [0.25, 0.3) is 5.91 Å². The summed E-state index contributed by atoms with van der Waals surface area (Å²) < 4.78 is 11.3. The van der Waals surface area contributed by atoms with E-state index in [4.69, 9.17) is 9.15 Å². The number of rotatable bonds is 6. The molecule has 150 valence electrons. The minimum Gasteiger partial charge on any atom is -0.455 e. The first-order valence-corrected chi connectivity index (χ1v) is 9.54. The van der Waals surface area contributed by atoms with Gasteiger partial charge in [0.1, 0.15) is 11.3 Å². The lowest BCUT2D eigenvalue weighted by atomic mass is 10.0. The molecule has 1 aromatic heterocycles. The number of hydrogen-bond acceptors (Lipinski definition) is 5. The number of benzene rings is 2. The van der Waals surface area contributed by atoms with Crippen LogP contribution in [0.1, 0.15) is 36.2 Å². The maximum Gasteiger partial charge on any atom is 0.342 e. The zero-order valence-electron chi connectivity index (χ0n) is 16.7. The summed E-state index contributed by atoms with van der Waals surface area (Å²) >= 11 is 0. The summed E-state index contributed by atoms with van der Waals surface area (Å²) in [7, 11) is 0. The van der Waals surface area contributed by atoms with Gasteiger partial charge in [-0.25, -0.2) is 4.79 Å². The Bertz CT molecular complexity index is 1100. The van der Waals surface area contributed by atoms with Gasteiger partial charge < -0.3 is 14.5 Å². The minimum atomic E-state index is -0.963. The molecule has 0 spiro atoms. The van der Waals surface area contributed by atoms with Crippen LogP contribution in [0.4, 0.5) is 0 Å². The van der Waals surface area contributed by atoms with E-state index in [-0.39, 0.29) is 22.5 Å². The average Bonchev–Trinajstić information content (AvgIpc) is 2.74. The summed E-state index contributed by atoms with van der Waals surface area (Å²) in [4.78, 5) is 37.6. The Balaban J connectivity index is 2.03. The molecule has 0 aliphatic carbocycles. The second-order valence-corrected chi connectivity index (χ2v) is 6.77. The minimum absolute atomic E-state index is 0.104. The first-order chi connectivity index (χ1) is 13.9. The third kappa shape index (κ3) is 4.21. The molecule has 29 heavy (non-hydrogen) atoms. The van der Waals surface area contributed by atoms with Gasteiger partial charge in [0.05, 0.1) is 5.39 Å². The second kappa shape index (κ2) is 8.73. The van der Waals surface area contributed by atoms with Crippen molar-refractivity contribution in [2.45, 2.75) is 33.3 Å². The van der Waals surface area contributed by atoms with E-state index in [1.165, 1.54) is 13.0 Å². The van der Waals surface area contributed by atoms with Crippen LogP contribution in [0, 0.1) is 6.92 Å². The molecule has 0 radical (unpaired) electrons. The smallest absolute Gasteiger partial charge is 0.342 e. The first-order valence-electron chi connectivity index (χ1n) is 9.54. The Hall–Kier alpha value is -3.41. The molecule has 0 bridgehead atoms. The van der Waals surface area contributed by atoms with Crippen molar-refractivity contribution >= 4 is 22.8 Å². The van der Waals surface area contributed by atoms with E-state index in [0.717, 1.165) is 12.0 Å². The summed E-state index contributed by atoms with van der Waals surface area (Å²) in [5.41, 5.74) is 1.23. The molecule has 1 heterocycles. The van der Waals surface area contributed by atoms with Gasteiger partial charge in [0, 0.05) is 17.7 Å². The maximum absolute atomic E-state index is 12.9. The van der Waals surface area contributed by atoms with Crippen molar-refractivity contribution in [1.29, 1.82) is 0 Å². The van der Waals surface area contributed by atoms with Gasteiger partial charge in [-0.15, -0.1) is 0 Å². The molecule has 1 amide bonds. The highest BCUT2D eigenvalue weighted by Crippen LogP contribution is 2.27. The highest BCUT2D eigenvalue weighted by atomic mass is 16.5. The van der Waals surface area contributed by atoms with Crippen LogP contribution < -0.4 is 10.7 Å². The number of amides is 1. The SMILES string of the molecule is CCCNC(=O)C(C)OC(=O)c1cccc2c(=O)c(C)c(-c3ccccc3)oc12. The van der Waals surface area contributed by atoms with E-state index in [1.54, 1.807) is 19.1 Å². The fourth-order valence-corrected chi connectivity index (χ4v) is 3.00. The Kier molecular flexibility index (Phi) is 6.12. The molecule has 3 rings (SSSR count). The van der Waals surface area contributed by atoms with E-state index < -0.39 is 12.1 Å². The molecule has 0 aliphatic rings. The standard InChI is InChI=1S/C23H23NO5/c1-4-13-24-22(26)15(3)28-23(27)18-12-8-11-17-19(25)14(2)20(29-21(17)18)16-9-6-5-7-10-16/h5-12,15H,4,13H2,1-3H3,(H,24,26). The summed E-state index contributed by atoms with van der Waals surface area (Å²) in [5.74, 6) is -0.694. The number of ether oxygens (including phenoxy) is 1. The molecular formula is C23H23NO5. The molecule has 1 atom stereocenters. The highest BCUT2D eigenvalue weighted by Gasteiger charge is 2.23. The lowest BCUT2D eigenvalue weighted by molar-refractivity contribution is -0.129. The number of para-hydroxylation sites is 1. The van der Waals surface area contributed by atoms with E-state index in [0.29, 0.717) is 23.3 Å². The van der Waals surface area contributed by atoms with E-state index in [2.05, 4.69) is 5.32 Å². The van der Waals surface area contributed by atoms with Gasteiger partial charge in [-0.3, -0.25) is 9.59 Å². The molecule has 0 fully saturated rings. The van der Waals surface area contributed by atoms with Crippen LogP contribution in [0.3, 0.4) is 0 Å². The fraction of sp³-hybridized carbons (Fsp3) is 0.261. The zero-order valence-corrected chi connectivity index (χ0v) is 16.7. The Morgan fingerprint density at radius 3 is 2.52 bits per heavy atom. The van der Waals surface area contributed by atoms with Crippen LogP contribution in [0.5, 0.6) is 0 Å². The molecule has 0 saturated carbocycles. The normalized spacial score (nSPS) is 11.8. The van der Waals surface area contributed by atoms with Crippen LogP contribution in [0.15, 0.2) is 57.7 Å². The summed E-state index contributed by atoms with van der Waals surface area (Å²) in [6.45, 7) is 5.63. The number of hydrogen-bond donors (Lipinski definition) is 1. The molecular weight excluding hydrogens is 370 g/mol. The molecule has 6 nitrogen and oxygen atoms in total. The van der Waals surface area contributed by atoms with Gasteiger partial charge in [0.2, 0.25) is 0 Å². The van der Waals surface area contributed by atoms with E-state index >= 15 is 0 Å². The number of fused-ring (bicyclic) bond motifs is 1. The van der Waals surface area contributed by atoms with Gasteiger partial charge in [0.15, 0.2) is 17.1 Å². The second-order valence-electron chi connectivity index (χ2n) is 6.77. The average molecular weight is 393 g/mol. The topological polar surface area (TPSA) is 85.6 Å². The molecule has 1 N–H and O–H groups in total. The van der Waals surface area contributed by atoms with E-state index in [1.807, 2.05) is 37.3 Å². The predicted molar refractivity (Wildman–Crippen MR) is 111 cm³/mol. The molecule has 1 unspecified atom stereocenters. The third-order valence-corrected chi connectivity index (χ3v) is 4.60. The van der Waals surface area contributed by atoms with Gasteiger partial charge in [-0.05, 0) is 32.4 Å². The quantitative estimate of drug-likeness (QED) is 0.643. The Morgan fingerprint density at radius 1 is 1.10 bits per heavy atom. The highest BCUT2D eigenvalue weighted by molar-refractivity contribution is 6.03. The number of esters is 1. The summed E-state index contributed by atoms with van der Waals surface area (Å²) in [6, 6.07) is 13.9. The van der Waals surface area contributed by atoms with Crippen molar-refractivity contribution in [3.8, 4) is 11.3 Å². The zero-order chi connectivity index (χ0) is 21.0. The molecule has 2 aromatic carbocycles. The number of nitrogens with one attached hydrogen (secondary N) is 1. The van der Waals surface area contributed by atoms with Gasteiger partial charge in [-0.2, -0.15) is 0 Å². The van der Waals surface area contributed by atoms with Crippen molar-refractivity contribution < 1.29 is 18.7 Å². The van der Waals surface area contributed by atoms with Gasteiger partial charge >= 0.3 is 5.97 Å². The summed E-state index contributed by atoms with van der Waals surface area (Å²) in [6.07, 6.45) is -0.183. The van der Waals surface area contributed by atoms with Crippen LogP contribution in [0.25, 0.3) is 22.3 Å². The number of carbonyl (C=O) groups excluding carboxylic acids is 2. The summed E-state index contributed by atoms with van der Waals surface area (Å²) in [5, 5.41) is 2.98. The molecule has 3 aromatic rings. The third-order valence-electron chi connectivity index (χ3n) is 4.60. The van der Waals surface area contributed by atoms with E-state index in [9.17, 15) is 14.4 Å². The van der Waals surface area contributed by atoms with Crippen molar-refractivity contribution in [3.05, 3.63) is 69.9 Å². The number of carbonyl (C=O) groups is 2. The lowest BCUT2D eigenvalue weighted by Crippen LogP contribution is -2.36. The van der Waals surface area contributed by atoms with Crippen molar-refractivity contribution in [1.82, 2.24) is 5.32 Å². The largest absolute Gasteiger partial charge is 0.455 e. The monoisotopic (exact) mass is 393 g/mol. The van der Waals surface area contributed by atoms with Crippen LogP contribution in [0.2, 0.25) is 0 Å². The Labute approximate surface area is 168 Å². The van der Waals surface area contributed by atoms with Crippen molar-refractivity contribution in [2.24, 2.45) is 0 Å². The molecule has 6 heteroatoms. The maximum atomic E-state index is 12.9. The Morgan fingerprint density at radius 2 is 1.83 bits per heavy atom. The van der Waals surface area contributed by atoms with Crippen molar-refractivity contribution in [2.75, 3.05) is 6.54 Å². The molecule has 0 aliphatic heterocycles.